The molecule has 0 fully saturated rings. The lowest BCUT2D eigenvalue weighted by atomic mass is 10.2. The van der Waals surface area contributed by atoms with E-state index in [1.165, 1.54) is 18.4 Å². The summed E-state index contributed by atoms with van der Waals surface area (Å²) in [5.74, 6) is 0.443. The van der Waals surface area contributed by atoms with Crippen LogP contribution in [0.2, 0.25) is 0 Å². The molecule has 1 heterocycles. The molecule has 0 aliphatic heterocycles. The first-order valence-corrected chi connectivity index (χ1v) is 10.7. The molecule has 0 bridgehead atoms. The van der Waals surface area contributed by atoms with E-state index in [1.54, 1.807) is 19.2 Å². The number of nitrogens with zero attached hydrogens (tertiary/aromatic N) is 2. The fourth-order valence-corrected chi connectivity index (χ4v) is 3.76. The number of ether oxygens (including phenoxy) is 3. The van der Waals surface area contributed by atoms with Crippen molar-refractivity contribution in [2.24, 2.45) is 5.10 Å². The van der Waals surface area contributed by atoms with Gasteiger partial charge in [-0.15, -0.1) is 11.3 Å². The third-order valence-electron chi connectivity index (χ3n) is 3.84. The van der Waals surface area contributed by atoms with Gasteiger partial charge in [0.05, 0.1) is 30.1 Å². The summed E-state index contributed by atoms with van der Waals surface area (Å²) in [4.78, 5) is 16.1. The van der Waals surface area contributed by atoms with Crippen LogP contribution in [0.5, 0.6) is 11.5 Å². The molecule has 0 atom stereocenters. The SMILES string of the molecule is CCOC(=O)COc1c(Br)cc(C=NNc2nc(-c3ccccc3)cs2)cc1OC. The molecule has 1 aromatic heterocycles. The second-order valence-corrected chi connectivity index (χ2v) is 7.61. The normalized spacial score (nSPS) is 10.8. The second-order valence-electron chi connectivity index (χ2n) is 5.90. The van der Waals surface area contributed by atoms with Crippen LogP contribution in [0.3, 0.4) is 0 Å². The van der Waals surface area contributed by atoms with Gasteiger partial charge in [0.25, 0.3) is 0 Å². The van der Waals surface area contributed by atoms with Gasteiger partial charge in [-0.3, -0.25) is 5.43 Å². The Bertz CT molecular complexity index is 1020. The Morgan fingerprint density at radius 3 is 2.83 bits per heavy atom. The summed E-state index contributed by atoms with van der Waals surface area (Å²) >= 11 is 4.92. The van der Waals surface area contributed by atoms with Crippen LogP contribution in [-0.2, 0) is 9.53 Å². The summed E-state index contributed by atoms with van der Waals surface area (Å²) < 4.78 is 16.4. The molecule has 3 rings (SSSR count). The van der Waals surface area contributed by atoms with Crippen molar-refractivity contribution in [3.05, 3.63) is 57.9 Å². The number of methoxy groups -OCH3 is 1. The largest absolute Gasteiger partial charge is 0.493 e. The van der Waals surface area contributed by atoms with Crippen molar-refractivity contribution >= 4 is 44.6 Å². The Labute approximate surface area is 186 Å². The Balaban J connectivity index is 1.66. The molecule has 2 aromatic carbocycles. The van der Waals surface area contributed by atoms with Gasteiger partial charge in [0.2, 0.25) is 5.13 Å². The summed E-state index contributed by atoms with van der Waals surface area (Å²) in [6.45, 7) is 1.84. The molecule has 9 heteroatoms. The van der Waals surface area contributed by atoms with Crippen molar-refractivity contribution < 1.29 is 19.0 Å². The van der Waals surface area contributed by atoms with E-state index >= 15 is 0 Å². The predicted molar refractivity (Wildman–Crippen MR) is 122 cm³/mol. The van der Waals surface area contributed by atoms with Gasteiger partial charge in [-0.2, -0.15) is 5.10 Å². The van der Waals surface area contributed by atoms with Crippen LogP contribution in [0.15, 0.2) is 57.4 Å². The number of hydrogen-bond donors (Lipinski definition) is 1. The maximum absolute atomic E-state index is 11.5. The van der Waals surface area contributed by atoms with Crippen molar-refractivity contribution in [3.8, 4) is 22.8 Å². The van der Waals surface area contributed by atoms with E-state index < -0.39 is 5.97 Å². The Kier molecular flexibility index (Phi) is 7.81. The molecule has 0 saturated carbocycles. The average Bonchev–Trinajstić information content (AvgIpc) is 3.22. The number of aromatic nitrogens is 1. The molecule has 0 aliphatic carbocycles. The number of hydrogen-bond acceptors (Lipinski definition) is 8. The standard InChI is InChI=1S/C21H20BrN3O4S/c1-3-28-19(26)12-29-20-16(22)9-14(10-18(20)27-2)11-23-25-21-24-17(13-30-21)15-7-5-4-6-8-15/h4-11,13H,3,12H2,1-2H3,(H,24,25). The van der Waals surface area contributed by atoms with Gasteiger partial charge in [-0.1, -0.05) is 30.3 Å². The smallest absolute Gasteiger partial charge is 0.344 e. The highest BCUT2D eigenvalue weighted by atomic mass is 79.9. The molecule has 0 unspecified atom stereocenters. The van der Waals surface area contributed by atoms with Crippen molar-refractivity contribution in [2.45, 2.75) is 6.92 Å². The van der Waals surface area contributed by atoms with Gasteiger partial charge in [0.15, 0.2) is 18.1 Å². The van der Waals surface area contributed by atoms with Crippen LogP contribution < -0.4 is 14.9 Å². The fourth-order valence-electron chi connectivity index (χ4n) is 2.52. The molecule has 3 aromatic rings. The Morgan fingerprint density at radius 1 is 1.30 bits per heavy atom. The van der Waals surface area contributed by atoms with Crippen LogP contribution in [0.25, 0.3) is 11.3 Å². The van der Waals surface area contributed by atoms with Crippen LogP contribution in [0, 0.1) is 0 Å². The number of thiazole rings is 1. The van der Waals surface area contributed by atoms with Crippen LogP contribution in [0.4, 0.5) is 5.13 Å². The third-order valence-corrected chi connectivity index (χ3v) is 5.17. The maximum Gasteiger partial charge on any atom is 0.344 e. The van der Waals surface area contributed by atoms with Crippen molar-refractivity contribution in [2.75, 3.05) is 25.7 Å². The van der Waals surface area contributed by atoms with E-state index in [0.29, 0.717) is 27.7 Å². The highest BCUT2D eigenvalue weighted by molar-refractivity contribution is 9.10. The Morgan fingerprint density at radius 2 is 2.10 bits per heavy atom. The summed E-state index contributed by atoms with van der Waals surface area (Å²) in [5, 5.41) is 6.91. The van der Waals surface area contributed by atoms with Gasteiger partial charge in [-0.25, -0.2) is 9.78 Å². The number of hydrazone groups is 1. The van der Waals surface area contributed by atoms with E-state index in [9.17, 15) is 4.79 Å². The average molecular weight is 490 g/mol. The number of benzene rings is 2. The zero-order valence-corrected chi connectivity index (χ0v) is 18.8. The molecule has 0 saturated heterocycles. The lowest BCUT2D eigenvalue weighted by molar-refractivity contribution is -0.145. The van der Waals surface area contributed by atoms with Crippen molar-refractivity contribution in [1.29, 1.82) is 0 Å². The number of rotatable bonds is 9. The molecular weight excluding hydrogens is 470 g/mol. The minimum atomic E-state index is -0.445. The number of anilines is 1. The minimum Gasteiger partial charge on any atom is -0.493 e. The first-order valence-electron chi connectivity index (χ1n) is 9.06. The topological polar surface area (TPSA) is 82.0 Å². The lowest BCUT2D eigenvalue weighted by Crippen LogP contribution is -2.15. The zero-order chi connectivity index (χ0) is 21.3. The highest BCUT2D eigenvalue weighted by Gasteiger charge is 2.13. The van der Waals surface area contributed by atoms with Crippen LogP contribution in [0.1, 0.15) is 12.5 Å². The molecule has 7 nitrogen and oxygen atoms in total. The molecular formula is C21H20BrN3O4S. The van der Waals surface area contributed by atoms with E-state index in [2.05, 4.69) is 31.4 Å². The number of carbonyl (C=O) groups excluding carboxylic acids is 1. The van der Waals surface area contributed by atoms with Crippen molar-refractivity contribution in [3.63, 3.8) is 0 Å². The second kappa shape index (κ2) is 10.7. The summed E-state index contributed by atoms with van der Waals surface area (Å²) in [5.41, 5.74) is 5.66. The summed E-state index contributed by atoms with van der Waals surface area (Å²) in [7, 11) is 1.53. The van der Waals surface area contributed by atoms with E-state index in [0.717, 1.165) is 16.8 Å². The molecule has 1 N–H and O–H groups in total. The first kappa shape index (κ1) is 21.8. The van der Waals surface area contributed by atoms with Crippen molar-refractivity contribution in [1.82, 2.24) is 4.98 Å². The molecule has 0 spiro atoms. The number of halogens is 1. The van der Waals surface area contributed by atoms with E-state index in [-0.39, 0.29) is 6.61 Å². The fraction of sp³-hybridized carbons (Fsp3) is 0.190. The third kappa shape index (κ3) is 5.80. The molecule has 30 heavy (non-hydrogen) atoms. The number of carbonyl (C=O) groups is 1. The van der Waals surface area contributed by atoms with Crippen LogP contribution in [-0.4, -0.2) is 37.5 Å². The monoisotopic (exact) mass is 489 g/mol. The number of esters is 1. The highest BCUT2D eigenvalue weighted by Crippen LogP contribution is 2.36. The van der Waals surface area contributed by atoms with E-state index in [1.807, 2.05) is 41.8 Å². The summed E-state index contributed by atoms with van der Waals surface area (Å²) in [6.07, 6.45) is 1.64. The maximum atomic E-state index is 11.5. The molecule has 0 radical (unpaired) electrons. The Hall–Kier alpha value is -2.91. The van der Waals surface area contributed by atoms with E-state index in [4.69, 9.17) is 14.2 Å². The first-order chi connectivity index (χ1) is 14.6. The predicted octanol–water partition coefficient (Wildman–Crippen LogP) is 4.97. The zero-order valence-electron chi connectivity index (χ0n) is 16.4. The van der Waals surface area contributed by atoms with Gasteiger partial charge in [-0.05, 0) is 40.5 Å². The molecule has 156 valence electrons. The minimum absolute atomic E-state index is 0.203. The van der Waals surface area contributed by atoms with Gasteiger partial charge in [0, 0.05) is 10.9 Å². The quantitative estimate of drug-likeness (QED) is 0.259. The number of nitrogens with one attached hydrogen (secondary N) is 1. The molecule has 0 aliphatic rings. The van der Waals surface area contributed by atoms with Gasteiger partial charge in [0.1, 0.15) is 0 Å². The van der Waals surface area contributed by atoms with Crippen LogP contribution >= 0.6 is 27.3 Å². The van der Waals surface area contributed by atoms with Gasteiger partial charge < -0.3 is 14.2 Å². The summed E-state index contributed by atoms with van der Waals surface area (Å²) in [6, 6.07) is 13.5. The lowest BCUT2D eigenvalue weighted by Gasteiger charge is -2.13. The van der Waals surface area contributed by atoms with Gasteiger partial charge >= 0.3 is 5.97 Å². The molecule has 0 amide bonds.